The quantitative estimate of drug-likeness (QED) is 0.486. The molecule has 0 atom stereocenters. The number of aryl methyl sites for hydroxylation is 1. The maximum Gasteiger partial charge on any atom is 0.151 e. The number of fused-ring (bicyclic) bond motifs is 1. The zero-order valence-corrected chi connectivity index (χ0v) is 18.3. The molecule has 0 spiro atoms. The van der Waals surface area contributed by atoms with Crippen LogP contribution in [0.5, 0.6) is 0 Å². The first-order valence-corrected chi connectivity index (χ1v) is 10.6. The van der Waals surface area contributed by atoms with E-state index < -0.39 is 5.82 Å². The van der Waals surface area contributed by atoms with Gasteiger partial charge in [0.15, 0.2) is 5.82 Å². The number of aromatic nitrogens is 5. The van der Waals surface area contributed by atoms with Gasteiger partial charge >= 0.3 is 0 Å². The van der Waals surface area contributed by atoms with E-state index in [9.17, 15) is 4.39 Å². The minimum Gasteiger partial charge on any atom is -0.378 e. The molecule has 11 heteroatoms. The van der Waals surface area contributed by atoms with Crippen LogP contribution in [0.15, 0.2) is 36.7 Å². The summed E-state index contributed by atoms with van der Waals surface area (Å²) >= 11 is 6.27. The van der Waals surface area contributed by atoms with Crippen molar-refractivity contribution in [2.45, 2.75) is 6.92 Å². The lowest BCUT2D eigenvalue weighted by molar-refractivity contribution is 0.122. The summed E-state index contributed by atoms with van der Waals surface area (Å²) in [5, 5.41) is 17.3. The van der Waals surface area contributed by atoms with E-state index in [1.807, 2.05) is 19.1 Å². The highest BCUT2D eigenvalue weighted by atomic mass is 35.5. The highest BCUT2D eigenvalue weighted by Crippen LogP contribution is 2.29. The average molecular weight is 465 g/mol. The molecule has 4 heterocycles. The fourth-order valence-electron chi connectivity index (χ4n) is 3.70. The van der Waals surface area contributed by atoms with Gasteiger partial charge in [0, 0.05) is 36.8 Å². The second-order valence-electron chi connectivity index (χ2n) is 7.47. The number of morpholine rings is 1. The Morgan fingerprint density at radius 2 is 1.94 bits per heavy atom. The largest absolute Gasteiger partial charge is 0.378 e. The number of hydrogen-bond donors (Lipinski definition) is 1. The summed E-state index contributed by atoms with van der Waals surface area (Å²) in [6, 6.07) is 8.03. The van der Waals surface area contributed by atoms with E-state index in [1.54, 1.807) is 18.5 Å². The van der Waals surface area contributed by atoms with E-state index in [1.165, 1.54) is 10.7 Å². The van der Waals surface area contributed by atoms with E-state index in [4.69, 9.17) is 21.6 Å². The van der Waals surface area contributed by atoms with Crippen LogP contribution >= 0.6 is 11.6 Å². The van der Waals surface area contributed by atoms with E-state index >= 15 is 0 Å². The molecule has 0 aliphatic carbocycles. The number of benzene rings is 1. The molecule has 33 heavy (non-hydrogen) atoms. The molecule has 5 rings (SSSR count). The van der Waals surface area contributed by atoms with E-state index in [-0.39, 0.29) is 16.3 Å². The van der Waals surface area contributed by atoms with Gasteiger partial charge in [-0.25, -0.2) is 24.0 Å². The number of nitrogens with one attached hydrogen (secondary N) is 1. The first kappa shape index (κ1) is 21.1. The molecule has 3 aromatic heterocycles. The normalized spacial score (nSPS) is 13.8. The number of rotatable bonds is 4. The topological polar surface area (TPSA) is 105 Å². The minimum absolute atomic E-state index is 0.0651. The highest BCUT2D eigenvalue weighted by molar-refractivity contribution is 6.32. The third-order valence-electron chi connectivity index (χ3n) is 5.23. The number of halogens is 2. The summed E-state index contributed by atoms with van der Waals surface area (Å²) in [5.74, 6) is 1.88. The van der Waals surface area contributed by atoms with Crippen molar-refractivity contribution < 1.29 is 9.13 Å². The maximum absolute atomic E-state index is 14.7. The van der Waals surface area contributed by atoms with Gasteiger partial charge < -0.3 is 15.0 Å². The number of anilines is 3. The summed E-state index contributed by atoms with van der Waals surface area (Å²) in [4.78, 5) is 15.6. The van der Waals surface area contributed by atoms with Crippen LogP contribution in [-0.4, -0.2) is 51.0 Å². The van der Waals surface area contributed by atoms with Gasteiger partial charge in [-0.05, 0) is 19.1 Å². The Morgan fingerprint density at radius 1 is 1.12 bits per heavy atom. The van der Waals surface area contributed by atoms with Crippen LogP contribution in [0.25, 0.3) is 16.6 Å². The third-order valence-corrected chi connectivity index (χ3v) is 5.51. The van der Waals surface area contributed by atoms with Gasteiger partial charge in [0.2, 0.25) is 0 Å². The average Bonchev–Trinajstić information content (AvgIpc) is 3.21. The molecule has 0 amide bonds. The van der Waals surface area contributed by atoms with E-state index in [0.29, 0.717) is 41.6 Å². The second kappa shape index (κ2) is 8.61. The molecule has 0 saturated carbocycles. The van der Waals surface area contributed by atoms with Gasteiger partial charge in [-0.3, -0.25) is 0 Å². The Balaban J connectivity index is 1.50. The molecule has 1 aliphatic heterocycles. The van der Waals surface area contributed by atoms with Gasteiger partial charge in [-0.1, -0.05) is 11.6 Å². The standard InChI is InChI=1S/C22H18ClFN8O/c1-13-28-20(9-21(29-13)31-2-4-33-5-3-31)30-19-8-18-15(11-26-19)12-27-32(18)22-16(23)6-14(10-25)7-17(22)24/h6-9,11-12H,2-5H2,1H3,(H,26,28,29,30). The van der Waals surface area contributed by atoms with Crippen LogP contribution in [-0.2, 0) is 4.74 Å². The van der Waals surface area contributed by atoms with Crippen LogP contribution in [0.1, 0.15) is 11.4 Å². The zero-order chi connectivity index (χ0) is 22.9. The summed E-state index contributed by atoms with van der Waals surface area (Å²) in [6.45, 7) is 4.66. The summed E-state index contributed by atoms with van der Waals surface area (Å²) in [6.07, 6.45) is 3.21. The fraction of sp³-hybridized carbons (Fsp3) is 0.227. The predicted molar refractivity (Wildman–Crippen MR) is 122 cm³/mol. The van der Waals surface area contributed by atoms with Gasteiger partial charge in [0.05, 0.1) is 41.6 Å². The van der Waals surface area contributed by atoms with Crippen molar-refractivity contribution in [3.8, 4) is 11.8 Å². The first-order chi connectivity index (χ1) is 16.0. The lowest BCUT2D eigenvalue weighted by Crippen LogP contribution is -2.36. The Labute approximate surface area is 193 Å². The van der Waals surface area contributed by atoms with Crippen LogP contribution in [0, 0.1) is 24.1 Å². The summed E-state index contributed by atoms with van der Waals surface area (Å²) < 4.78 is 21.6. The molecule has 1 aliphatic rings. The predicted octanol–water partition coefficient (Wildman–Crippen LogP) is 3.76. The molecule has 4 aromatic rings. The van der Waals surface area contributed by atoms with Crippen molar-refractivity contribution in [2.75, 3.05) is 36.5 Å². The molecule has 1 fully saturated rings. The molecular formula is C22H18ClFN8O. The van der Waals surface area contributed by atoms with Crippen LogP contribution in [0.3, 0.4) is 0 Å². The highest BCUT2D eigenvalue weighted by Gasteiger charge is 2.17. The molecule has 0 radical (unpaired) electrons. The SMILES string of the molecule is Cc1nc(Nc2cc3c(cn2)cnn3-c2c(F)cc(C#N)cc2Cl)cc(N2CCOCC2)n1. The smallest absolute Gasteiger partial charge is 0.151 e. The maximum atomic E-state index is 14.7. The monoisotopic (exact) mass is 464 g/mol. The Hall–Kier alpha value is -3.81. The summed E-state index contributed by atoms with van der Waals surface area (Å²) in [5.41, 5.74) is 0.796. The summed E-state index contributed by atoms with van der Waals surface area (Å²) in [7, 11) is 0. The lowest BCUT2D eigenvalue weighted by Gasteiger charge is -2.28. The van der Waals surface area contributed by atoms with Gasteiger partial charge in [0.1, 0.15) is 29.0 Å². The molecule has 9 nitrogen and oxygen atoms in total. The Bertz CT molecular complexity index is 1370. The molecule has 1 N–H and O–H groups in total. The zero-order valence-electron chi connectivity index (χ0n) is 17.6. The Kier molecular flexibility index (Phi) is 5.50. The van der Waals surface area contributed by atoms with Crippen LogP contribution in [0.4, 0.5) is 21.8 Å². The van der Waals surface area contributed by atoms with Crippen molar-refractivity contribution in [2.24, 2.45) is 0 Å². The molecular weight excluding hydrogens is 447 g/mol. The molecule has 0 bridgehead atoms. The minimum atomic E-state index is -0.642. The number of hydrogen-bond acceptors (Lipinski definition) is 8. The van der Waals surface area contributed by atoms with Crippen LogP contribution < -0.4 is 10.2 Å². The molecule has 1 aromatic carbocycles. The first-order valence-electron chi connectivity index (χ1n) is 10.2. The fourth-order valence-corrected chi connectivity index (χ4v) is 3.99. The van der Waals surface area contributed by atoms with Gasteiger partial charge in [-0.2, -0.15) is 10.4 Å². The molecule has 1 saturated heterocycles. The number of nitrogens with zero attached hydrogens (tertiary/aromatic N) is 7. The van der Waals surface area contributed by atoms with Crippen molar-refractivity contribution in [1.29, 1.82) is 5.26 Å². The lowest BCUT2D eigenvalue weighted by atomic mass is 10.2. The van der Waals surface area contributed by atoms with Crippen LogP contribution in [0.2, 0.25) is 5.02 Å². The molecule has 0 unspecified atom stereocenters. The Morgan fingerprint density at radius 3 is 2.70 bits per heavy atom. The van der Waals surface area contributed by atoms with Crippen molar-refractivity contribution >= 4 is 40.0 Å². The number of nitriles is 1. The van der Waals surface area contributed by atoms with Crippen molar-refractivity contribution in [3.63, 3.8) is 0 Å². The third kappa shape index (κ3) is 4.16. The number of ether oxygens (including phenoxy) is 1. The molecule has 166 valence electrons. The second-order valence-corrected chi connectivity index (χ2v) is 7.88. The van der Waals surface area contributed by atoms with Crippen molar-refractivity contribution in [3.05, 3.63) is 58.9 Å². The van der Waals surface area contributed by atoms with Gasteiger partial charge in [-0.15, -0.1) is 0 Å². The van der Waals surface area contributed by atoms with Gasteiger partial charge in [0.25, 0.3) is 0 Å². The van der Waals surface area contributed by atoms with Crippen molar-refractivity contribution in [1.82, 2.24) is 24.7 Å². The van der Waals surface area contributed by atoms with E-state index in [2.05, 4.69) is 30.3 Å². The number of pyridine rings is 1. The van der Waals surface area contributed by atoms with E-state index in [0.717, 1.165) is 25.0 Å².